The van der Waals surface area contributed by atoms with E-state index in [1.165, 1.54) is 0 Å². The molecule has 0 heterocycles. The number of isothiocyanates is 1. The van der Waals surface area contributed by atoms with Crippen molar-refractivity contribution in [2.45, 2.75) is 6.92 Å². The van der Waals surface area contributed by atoms with Crippen molar-refractivity contribution in [2.24, 2.45) is 4.99 Å². The van der Waals surface area contributed by atoms with Gasteiger partial charge in [0.2, 0.25) is 0 Å². The summed E-state index contributed by atoms with van der Waals surface area (Å²) < 4.78 is 0. The molecule has 0 atom stereocenters. The zero-order valence-corrected chi connectivity index (χ0v) is 8.84. The van der Waals surface area contributed by atoms with Crippen LogP contribution in [0.2, 0.25) is 0 Å². The highest BCUT2D eigenvalue weighted by Gasteiger charge is 2.00. The fourth-order valence-electron chi connectivity index (χ4n) is 1.24. The molecule has 70 valence electrons. The molecule has 0 saturated carbocycles. The smallest absolute Gasteiger partial charge is 0.0817 e. The van der Waals surface area contributed by atoms with Crippen LogP contribution in [0, 0.1) is 0 Å². The minimum Gasteiger partial charge on any atom is -0.194 e. The Hall–Kier alpha value is -1.50. The molecule has 0 unspecified atom stereocenters. The van der Waals surface area contributed by atoms with Crippen molar-refractivity contribution in [1.82, 2.24) is 0 Å². The summed E-state index contributed by atoms with van der Waals surface area (Å²) in [5, 5.41) is 2.37. The first-order chi connectivity index (χ1) is 6.83. The van der Waals surface area contributed by atoms with E-state index in [9.17, 15) is 0 Å². The van der Waals surface area contributed by atoms with Crippen molar-refractivity contribution in [3.8, 4) is 0 Å². The first-order valence-corrected chi connectivity index (χ1v) is 4.70. The molecule has 0 N–H and O–H groups in total. The summed E-state index contributed by atoms with van der Waals surface area (Å²) in [7, 11) is 0. The summed E-state index contributed by atoms with van der Waals surface area (Å²) in [5.41, 5.74) is 2.91. The number of allylic oxidation sites excluding steroid dienone is 1. The van der Waals surface area contributed by atoms with Gasteiger partial charge in [-0.1, -0.05) is 36.9 Å². The lowest BCUT2D eigenvalue weighted by atomic mass is 10.1. The second-order valence-corrected chi connectivity index (χ2v) is 2.87. The van der Waals surface area contributed by atoms with Gasteiger partial charge in [-0.15, -0.1) is 0 Å². The predicted molar refractivity (Wildman–Crippen MR) is 65.9 cm³/mol. The Morgan fingerprint density at radius 2 is 2.29 bits per heavy atom. The summed E-state index contributed by atoms with van der Waals surface area (Å²) in [4.78, 5) is 4.00. The number of rotatable bonds is 3. The maximum Gasteiger partial charge on any atom is 0.0817 e. The Morgan fingerprint density at radius 3 is 2.86 bits per heavy atom. The standard InChI is InChI=1S/C12H11NS/c1-3-6-11-10(4-2)7-5-8-12(11)13-9-14/h3-8H,2H2,1H3/b6-3-. The molecule has 0 bridgehead atoms. The summed E-state index contributed by atoms with van der Waals surface area (Å²) in [6.45, 7) is 5.72. The fraction of sp³-hybridized carbons (Fsp3) is 0.0833. The minimum absolute atomic E-state index is 0.829. The van der Waals surface area contributed by atoms with Gasteiger partial charge >= 0.3 is 0 Å². The molecule has 1 aromatic rings. The number of hydrogen-bond donors (Lipinski definition) is 0. The van der Waals surface area contributed by atoms with Crippen molar-refractivity contribution in [3.05, 3.63) is 42.0 Å². The summed E-state index contributed by atoms with van der Waals surface area (Å²) in [5.74, 6) is 0. The predicted octanol–water partition coefficient (Wildman–Crippen LogP) is 4.10. The number of aliphatic imine (C=N–C) groups is 1. The molecular formula is C12H11NS. The second-order valence-electron chi connectivity index (χ2n) is 2.69. The number of benzene rings is 1. The van der Waals surface area contributed by atoms with E-state index >= 15 is 0 Å². The largest absolute Gasteiger partial charge is 0.194 e. The molecule has 0 aliphatic heterocycles. The van der Waals surface area contributed by atoms with Gasteiger partial charge in [-0.2, -0.15) is 4.99 Å². The number of thiocarbonyl (C=S) groups is 1. The third-order valence-corrected chi connectivity index (χ3v) is 1.93. The molecule has 0 spiro atoms. The highest BCUT2D eigenvalue weighted by Crippen LogP contribution is 2.24. The van der Waals surface area contributed by atoms with E-state index in [1.54, 1.807) is 6.08 Å². The Kier molecular flexibility index (Phi) is 3.99. The molecule has 0 fully saturated rings. The first kappa shape index (κ1) is 10.6. The highest BCUT2D eigenvalue weighted by atomic mass is 32.1. The van der Waals surface area contributed by atoms with Crippen LogP contribution >= 0.6 is 12.2 Å². The second kappa shape index (κ2) is 5.28. The van der Waals surface area contributed by atoms with Crippen molar-refractivity contribution in [1.29, 1.82) is 0 Å². The van der Waals surface area contributed by atoms with Crippen molar-refractivity contribution >= 4 is 35.2 Å². The lowest BCUT2D eigenvalue weighted by Crippen LogP contribution is -1.80. The third-order valence-electron chi connectivity index (χ3n) is 1.84. The molecule has 0 aromatic heterocycles. The van der Waals surface area contributed by atoms with Crippen molar-refractivity contribution in [2.75, 3.05) is 0 Å². The Labute approximate surface area is 89.5 Å². The molecule has 2 heteroatoms. The first-order valence-electron chi connectivity index (χ1n) is 4.29. The SMILES string of the molecule is C=Cc1cccc(N=C=S)c1/C=C\C. The highest BCUT2D eigenvalue weighted by molar-refractivity contribution is 7.78. The van der Waals surface area contributed by atoms with Gasteiger partial charge in [0.1, 0.15) is 0 Å². The van der Waals surface area contributed by atoms with Gasteiger partial charge in [0.05, 0.1) is 10.8 Å². The van der Waals surface area contributed by atoms with E-state index in [0.717, 1.165) is 16.8 Å². The fourth-order valence-corrected chi connectivity index (χ4v) is 1.34. The molecular weight excluding hydrogens is 190 g/mol. The Balaban J connectivity index is 3.41. The van der Waals surface area contributed by atoms with E-state index < -0.39 is 0 Å². The molecule has 1 aromatic carbocycles. The Bertz CT molecular complexity index is 412. The van der Waals surface area contributed by atoms with E-state index in [-0.39, 0.29) is 0 Å². The lowest BCUT2D eigenvalue weighted by Gasteiger charge is -2.03. The number of nitrogens with zero attached hydrogens (tertiary/aromatic N) is 1. The van der Waals surface area contributed by atoms with Gasteiger partial charge in [-0.25, -0.2) is 0 Å². The van der Waals surface area contributed by atoms with E-state index in [1.807, 2.05) is 37.3 Å². The quantitative estimate of drug-likeness (QED) is 0.530. The van der Waals surface area contributed by atoms with E-state index in [0.29, 0.717) is 0 Å². The van der Waals surface area contributed by atoms with Crippen LogP contribution in [0.15, 0.2) is 35.8 Å². The van der Waals surface area contributed by atoms with Gasteiger partial charge in [0.25, 0.3) is 0 Å². The zero-order chi connectivity index (χ0) is 10.4. The zero-order valence-electron chi connectivity index (χ0n) is 8.03. The maximum absolute atomic E-state index is 4.59. The van der Waals surface area contributed by atoms with Crippen LogP contribution in [-0.2, 0) is 0 Å². The van der Waals surface area contributed by atoms with E-state index in [2.05, 4.69) is 29.0 Å². The topological polar surface area (TPSA) is 12.4 Å². The van der Waals surface area contributed by atoms with Gasteiger partial charge in [0, 0.05) is 5.56 Å². The van der Waals surface area contributed by atoms with Gasteiger partial charge in [-0.3, -0.25) is 0 Å². The van der Waals surface area contributed by atoms with Gasteiger partial charge in [0.15, 0.2) is 0 Å². The number of hydrogen-bond acceptors (Lipinski definition) is 2. The molecule has 0 aliphatic carbocycles. The van der Waals surface area contributed by atoms with Crippen LogP contribution in [0.25, 0.3) is 12.2 Å². The lowest BCUT2D eigenvalue weighted by molar-refractivity contribution is 1.50. The Morgan fingerprint density at radius 1 is 1.50 bits per heavy atom. The normalized spacial score (nSPS) is 9.79. The van der Waals surface area contributed by atoms with Crippen LogP contribution in [0.1, 0.15) is 18.1 Å². The summed E-state index contributed by atoms with van der Waals surface area (Å²) in [6.07, 6.45) is 5.75. The molecule has 0 saturated heterocycles. The average Bonchev–Trinajstić information content (AvgIpc) is 2.21. The minimum atomic E-state index is 0.829. The summed E-state index contributed by atoms with van der Waals surface area (Å²) in [6, 6.07) is 5.82. The van der Waals surface area contributed by atoms with Crippen LogP contribution in [0.5, 0.6) is 0 Å². The van der Waals surface area contributed by atoms with Gasteiger partial charge in [-0.05, 0) is 30.8 Å². The summed E-state index contributed by atoms with van der Waals surface area (Å²) >= 11 is 4.59. The average molecular weight is 201 g/mol. The molecule has 14 heavy (non-hydrogen) atoms. The van der Waals surface area contributed by atoms with Crippen LogP contribution in [0.3, 0.4) is 0 Å². The van der Waals surface area contributed by atoms with Crippen LogP contribution < -0.4 is 0 Å². The molecule has 1 rings (SSSR count). The molecule has 0 aliphatic rings. The third kappa shape index (κ3) is 2.25. The monoisotopic (exact) mass is 201 g/mol. The van der Waals surface area contributed by atoms with Gasteiger partial charge < -0.3 is 0 Å². The van der Waals surface area contributed by atoms with Crippen LogP contribution in [-0.4, -0.2) is 5.16 Å². The van der Waals surface area contributed by atoms with Crippen LogP contribution in [0.4, 0.5) is 5.69 Å². The van der Waals surface area contributed by atoms with Crippen molar-refractivity contribution in [3.63, 3.8) is 0 Å². The maximum atomic E-state index is 4.59. The molecule has 1 nitrogen and oxygen atoms in total. The van der Waals surface area contributed by atoms with Crippen molar-refractivity contribution < 1.29 is 0 Å². The molecule has 0 radical (unpaired) electrons. The van der Waals surface area contributed by atoms with E-state index in [4.69, 9.17) is 0 Å². The molecule has 0 amide bonds.